The van der Waals surface area contributed by atoms with Gasteiger partial charge in [-0.05, 0) is 23.6 Å². The standard InChI is InChI=1S/C20H23N5O3/c26-19-12-28-18-6-8-24(11-17(18)22-19)20(27)25-9-15(10-25)13-1-3-14(4-2-13)16-5-7-21-23-16/h1-5,7,15,17-18H,6,8-12H2,(H,21,23)(H,22,26)/t17-,18+/m1/s1. The molecule has 3 aliphatic heterocycles. The smallest absolute Gasteiger partial charge is 0.320 e. The van der Waals surface area contributed by atoms with E-state index in [4.69, 9.17) is 4.74 Å². The molecule has 3 saturated heterocycles. The van der Waals surface area contributed by atoms with Crippen molar-refractivity contribution < 1.29 is 14.3 Å². The summed E-state index contributed by atoms with van der Waals surface area (Å²) in [6.45, 7) is 2.79. The Kier molecular flexibility index (Phi) is 4.27. The maximum Gasteiger partial charge on any atom is 0.320 e. The molecule has 3 amide bonds. The maximum atomic E-state index is 12.8. The largest absolute Gasteiger partial charge is 0.366 e. The fraction of sp³-hybridized carbons (Fsp3) is 0.450. The summed E-state index contributed by atoms with van der Waals surface area (Å²) >= 11 is 0. The second-order valence-corrected chi connectivity index (χ2v) is 7.73. The average molecular weight is 381 g/mol. The lowest BCUT2D eigenvalue weighted by molar-refractivity contribution is -0.139. The fourth-order valence-corrected chi connectivity index (χ4v) is 4.27. The summed E-state index contributed by atoms with van der Waals surface area (Å²) in [5, 5.41) is 9.90. The van der Waals surface area contributed by atoms with E-state index in [1.54, 1.807) is 6.20 Å². The van der Waals surface area contributed by atoms with E-state index in [0.29, 0.717) is 19.0 Å². The molecule has 5 rings (SSSR count). The zero-order valence-corrected chi connectivity index (χ0v) is 15.5. The number of fused-ring (bicyclic) bond motifs is 1. The Morgan fingerprint density at radius 1 is 1.11 bits per heavy atom. The molecule has 3 aliphatic rings. The Bertz CT molecular complexity index is 860. The number of H-pyrrole nitrogens is 1. The van der Waals surface area contributed by atoms with E-state index in [1.807, 2.05) is 15.9 Å². The van der Waals surface area contributed by atoms with E-state index in [-0.39, 0.29) is 30.7 Å². The predicted octanol–water partition coefficient (Wildman–Crippen LogP) is 1.19. The number of nitrogens with zero attached hydrogens (tertiary/aromatic N) is 3. The van der Waals surface area contributed by atoms with Crippen molar-refractivity contribution in [2.24, 2.45) is 0 Å². The summed E-state index contributed by atoms with van der Waals surface area (Å²) in [5.41, 5.74) is 3.35. The molecule has 4 heterocycles. The molecule has 146 valence electrons. The first kappa shape index (κ1) is 17.2. The Hall–Kier alpha value is -2.87. The van der Waals surface area contributed by atoms with Crippen molar-refractivity contribution in [2.75, 3.05) is 32.8 Å². The molecule has 2 atom stereocenters. The minimum atomic E-state index is -0.0989. The number of urea groups is 1. The number of ether oxygens (including phenoxy) is 1. The van der Waals surface area contributed by atoms with Crippen LogP contribution in [0, 0.1) is 0 Å². The van der Waals surface area contributed by atoms with Crippen LogP contribution in [0.2, 0.25) is 0 Å². The van der Waals surface area contributed by atoms with E-state index >= 15 is 0 Å². The molecular formula is C20H23N5O3. The molecule has 2 N–H and O–H groups in total. The van der Waals surface area contributed by atoms with E-state index in [2.05, 4.69) is 39.8 Å². The van der Waals surface area contributed by atoms with Crippen molar-refractivity contribution in [3.8, 4) is 11.3 Å². The summed E-state index contributed by atoms with van der Waals surface area (Å²) in [6.07, 6.45) is 2.54. The minimum absolute atomic E-state index is 0.0271. The second-order valence-electron chi connectivity index (χ2n) is 7.73. The Balaban J connectivity index is 1.16. The molecule has 0 radical (unpaired) electrons. The van der Waals surface area contributed by atoms with Crippen molar-refractivity contribution in [3.05, 3.63) is 42.1 Å². The number of carbonyl (C=O) groups is 2. The number of likely N-dealkylation sites (tertiary alicyclic amines) is 2. The van der Waals surface area contributed by atoms with Gasteiger partial charge in [-0.3, -0.25) is 9.89 Å². The van der Waals surface area contributed by atoms with Gasteiger partial charge in [0.05, 0.1) is 17.8 Å². The van der Waals surface area contributed by atoms with Crippen LogP contribution in [-0.4, -0.2) is 76.9 Å². The molecule has 8 nitrogen and oxygen atoms in total. The number of amides is 3. The summed E-state index contributed by atoms with van der Waals surface area (Å²) in [6, 6.07) is 10.3. The van der Waals surface area contributed by atoms with Gasteiger partial charge in [-0.15, -0.1) is 0 Å². The van der Waals surface area contributed by atoms with Gasteiger partial charge in [-0.25, -0.2) is 4.79 Å². The molecular weight excluding hydrogens is 358 g/mol. The predicted molar refractivity (Wildman–Crippen MR) is 102 cm³/mol. The second kappa shape index (κ2) is 6.94. The number of rotatable bonds is 2. The number of piperidine rings is 1. The zero-order valence-electron chi connectivity index (χ0n) is 15.5. The van der Waals surface area contributed by atoms with Crippen LogP contribution in [0.1, 0.15) is 17.9 Å². The molecule has 3 fully saturated rings. The van der Waals surface area contributed by atoms with Crippen molar-refractivity contribution >= 4 is 11.9 Å². The monoisotopic (exact) mass is 381 g/mol. The first-order valence-corrected chi connectivity index (χ1v) is 9.72. The number of benzene rings is 1. The van der Waals surface area contributed by atoms with Gasteiger partial charge in [-0.2, -0.15) is 5.10 Å². The van der Waals surface area contributed by atoms with Gasteiger partial charge >= 0.3 is 6.03 Å². The lowest BCUT2D eigenvalue weighted by Crippen LogP contribution is -2.63. The summed E-state index contributed by atoms with van der Waals surface area (Å²) in [5.74, 6) is 0.271. The number of hydrogen-bond donors (Lipinski definition) is 2. The van der Waals surface area contributed by atoms with Gasteiger partial charge in [0, 0.05) is 38.3 Å². The van der Waals surface area contributed by atoms with Crippen molar-refractivity contribution in [1.82, 2.24) is 25.3 Å². The number of carbonyl (C=O) groups excluding carboxylic acids is 2. The van der Waals surface area contributed by atoms with Gasteiger partial charge in [0.1, 0.15) is 6.61 Å². The number of aromatic amines is 1. The van der Waals surface area contributed by atoms with Gasteiger partial charge < -0.3 is 19.9 Å². The Labute approximate surface area is 162 Å². The number of hydrogen-bond acceptors (Lipinski definition) is 4. The SMILES string of the molecule is O=C1CO[C@H]2CCN(C(=O)N3CC(c4ccc(-c5ccn[nH]5)cc4)C3)C[C@H]2N1. The van der Waals surface area contributed by atoms with Gasteiger partial charge in [0.2, 0.25) is 5.91 Å². The van der Waals surface area contributed by atoms with Crippen LogP contribution in [0.5, 0.6) is 0 Å². The normalized spacial score (nSPS) is 25.1. The zero-order chi connectivity index (χ0) is 19.1. The first-order valence-electron chi connectivity index (χ1n) is 9.72. The minimum Gasteiger partial charge on any atom is -0.366 e. The van der Waals surface area contributed by atoms with E-state index in [9.17, 15) is 9.59 Å². The highest BCUT2D eigenvalue weighted by molar-refractivity contribution is 5.79. The van der Waals surface area contributed by atoms with Crippen LogP contribution in [0.4, 0.5) is 4.79 Å². The molecule has 1 aromatic heterocycles. The van der Waals surface area contributed by atoms with Crippen LogP contribution in [0.25, 0.3) is 11.3 Å². The highest BCUT2D eigenvalue weighted by Gasteiger charge is 2.40. The van der Waals surface area contributed by atoms with E-state index in [1.165, 1.54) is 5.56 Å². The molecule has 2 aromatic rings. The van der Waals surface area contributed by atoms with Crippen molar-refractivity contribution in [2.45, 2.75) is 24.5 Å². The van der Waals surface area contributed by atoms with Crippen molar-refractivity contribution in [3.63, 3.8) is 0 Å². The van der Waals surface area contributed by atoms with Crippen molar-refractivity contribution in [1.29, 1.82) is 0 Å². The number of nitrogens with one attached hydrogen (secondary N) is 2. The fourth-order valence-electron chi connectivity index (χ4n) is 4.27. The molecule has 8 heteroatoms. The van der Waals surface area contributed by atoms with Gasteiger partial charge in [0.25, 0.3) is 0 Å². The topological polar surface area (TPSA) is 90.6 Å². The summed E-state index contributed by atoms with van der Waals surface area (Å²) in [4.78, 5) is 28.1. The van der Waals surface area contributed by atoms with Gasteiger partial charge in [0.15, 0.2) is 0 Å². The molecule has 1 aromatic carbocycles. The van der Waals surface area contributed by atoms with Crippen LogP contribution < -0.4 is 5.32 Å². The maximum absolute atomic E-state index is 12.8. The average Bonchev–Trinajstić information content (AvgIpc) is 3.21. The Morgan fingerprint density at radius 2 is 1.93 bits per heavy atom. The molecule has 28 heavy (non-hydrogen) atoms. The molecule has 0 spiro atoms. The number of aromatic nitrogens is 2. The third-order valence-corrected chi connectivity index (χ3v) is 5.94. The molecule has 0 unspecified atom stereocenters. The van der Waals surface area contributed by atoms with Crippen LogP contribution in [-0.2, 0) is 9.53 Å². The van der Waals surface area contributed by atoms with E-state index < -0.39 is 0 Å². The van der Waals surface area contributed by atoms with Crippen LogP contribution >= 0.6 is 0 Å². The lowest BCUT2D eigenvalue weighted by Gasteiger charge is -2.46. The molecule has 0 aliphatic carbocycles. The first-order chi connectivity index (χ1) is 13.7. The van der Waals surface area contributed by atoms with Gasteiger partial charge in [-0.1, -0.05) is 24.3 Å². The third kappa shape index (κ3) is 3.13. The van der Waals surface area contributed by atoms with Crippen LogP contribution in [0.15, 0.2) is 36.5 Å². The summed E-state index contributed by atoms with van der Waals surface area (Å²) in [7, 11) is 0. The summed E-state index contributed by atoms with van der Waals surface area (Å²) < 4.78 is 5.56. The highest BCUT2D eigenvalue weighted by atomic mass is 16.5. The molecule has 0 saturated carbocycles. The quantitative estimate of drug-likeness (QED) is 0.818. The molecule has 0 bridgehead atoms. The third-order valence-electron chi connectivity index (χ3n) is 5.94. The van der Waals surface area contributed by atoms with E-state index in [0.717, 1.165) is 30.8 Å². The Morgan fingerprint density at radius 3 is 2.68 bits per heavy atom. The van der Waals surface area contributed by atoms with Crippen LogP contribution in [0.3, 0.4) is 0 Å². The highest BCUT2D eigenvalue weighted by Crippen LogP contribution is 2.30. The lowest BCUT2D eigenvalue weighted by atomic mass is 9.90. The number of morpholine rings is 1.